The molecule has 2 fully saturated rings. The molecule has 0 aromatic carbocycles. The number of hydrogen-bond donors (Lipinski definition) is 0. The molecule has 21 heavy (non-hydrogen) atoms. The number of piperidine rings is 1. The van der Waals surface area contributed by atoms with E-state index in [0.29, 0.717) is 5.91 Å². The van der Waals surface area contributed by atoms with Gasteiger partial charge >= 0.3 is 0 Å². The molecular formula is C17H33N3O. The Morgan fingerprint density at radius 3 is 2.10 bits per heavy atom. The first kappa shape index (κ1) is 16.8. The monoisotopic (exact) mass is 295 g/mol. The Balaban J connectivity index is 1.78. The molecule has 0 aliphatic carbocycles. The lowest BCUT2D eigenvalue weighted by atomic mass is 9.98. The van der Waals surface area contributed by atoms with Gasteiger partial charge in [0.2, 0.25) is 5.91 Å². The first-order chi connectivity index (χ1) is 9.97. The second-order valence-electron chi connectivity index (χ2n) is 7.41. The van der Waals surface area contributed by atoms with Gasteiger partial charge in [0.25, 0.3) is 0 Å². The average Bonchev–Trinajstić information content (AvgIpc) is 2.47. The summed E-state index contributed by atoms with van der Waals surface area (Å²) in [5.74, 6) is 1.86. The fourth-order valence-electron chi connectivity index (χ4n) is 3.50. The summed E-state index contributed by atoms with van der Waals surface area (Å²) >= 11 is 0. The van der Waals surface area contributed by atoms with Crippen molar-refractivity contribution in [2.24, 2.45) is 11.8 Å². The molecule has 0 spiro atoms. The predicted octanol–water partition coefficient (Wildman–Crippen LogP) is 1.91. The maximum atomic E-state index is 12.6. The van der Waals surface area contributed by atoms with Crippen molar-refractivity contribution in [3.63, 3.8) is 0 Å². The lowest BCUT2D eigenvalue weighted by molar-refractivity contribution is -0.138. The summed E-state index contributed by atoms with van der Waals surface area (Å²) in [4.78, 5) is 19.6. The molecule has 0 bridgehead atoms. The summed E-state index contributed by atoms with van der Waals surface area (Å²) in [6.07, 6.45) is 2.33. The van der Waals surface area contributed by atoms with Crippen LogP contribution in [0.3, 0.4) is 0 Å². The summed E-state index contributed by atoms with van der Waals surface area (Å²) in [5.41, 5.74) is 0. The van der Waals surface area contributed by atoms with E-state index in [9.17, 15) is 4.79 Å². The van der Waals surface area contributed by atoms with Gasteiger partial charge in [-0.05, 0) is 31.6 Å². The molecule has 0 aromatic rings. The Morgan fingerprint density at radius 2 is 1.57 bits per heavy atom. The third-order valence-electron chi connectivity index (χ3n) is 5.03. The first-order valence-corrected chi connectivity index (χ1v) is 8.72. The van der Waals surface area contributed by atoms with Crippen LogP contribution in [-0.2, 0) is 4.79 Å². The fraction of sp³-hybridized carbons (Fsp3) is 0.941. The molecule has 2 heterocycles. The molecule has 122 valence electrons. The van der Waals surface area contributed by atoms with Crippen LogP contribution in [0.2, 0.25) is 0 Å². The van der Waals surface area contributed by atoms with Gasteiger partial charge in [0, 0.05) is 45.8 Å². The number of nitrogens with zero attached hydrogens (tertiary/aromatic N) is 3. The Morgan fingerprint density at radius 1 is 1.00 bits per heavy atom. The van der Waals surface area contributed by atoms with E-state index in [1.54, 1.807) is 0 Å². The van der Waals surface area contributed by atoms with E-state index in [1.165, 1.54) is 19.4 Å². The number of hydrogen-bond acceptors (Lipinski definition) is 3. The van der Waals surface area contributed by atoms with Crippen molar-refractivity contribution < 1.29 is 4.79 Å². The molecule has 2 aliphatic rings. The van der Waals surface area contributed by atoms with E-state index in [2.05, 4.69) is 42.4 Å². The molecule has 2 saturated heterocycles. The average molecular weight is 295 g/mol. The van der Waals surface area contributed by atoms with Crippen LogP contribution in [0.1, 0.15) is 40.5 Å². The molecule has 0 radical (unpaired) electrons. The summed E-state index contributed by atoms with van der Waals surface area (Å²) in [7, 11) is 0. The predicted molar refractivity (Wildman–Crippen MR) is 87.3 cm³/mol. The maximum absolute atomic E-state index is 12.6. The highest BCUT2D eigenvalue weighted by molar-refractivity contribution is 5.81. The van der Waals surface area contributed by atoms with E-state index in [0.717, 1.165) is 51.1 Å². The summed E-state index contributed by atoms with van der Waals surface area (Å²) in [6.45, 7) is 16.3. The summed E-state index contributed by atoms with van der Waals surface area (Å²) < 4.78 is 0. The third-order valence-corrected chi connectivity index (χ3v) is 5.03. The lowest BCUT2D eigenvalue weighted by Gasteiger charge is -2.40. The minimum atomic E-state index is 0.0552. The second-order valence-corrected chi connectivity index (χ2v) is 7.41. The lowest BCUT2D eigenvalue weighted by Crippen LogP contribution is -2.55. The van der Waals surface area contributed by atoms with Gasteiger partial charge in [-0.15, -0.1) is 0 Å². The van der Waals surface area contributed by atoms with Crippen LogP contribution >= 0.6 is 0 Å². The quantitative estimate of drug-likeness (QED) is 0.793. The second kappa shape index (κ2) is 7.59. The number of likely N-dealkylation sites (tertiary alicyclic amines) is 1. The fourth-order valence-corrected chi connectivity index (χ4v) is 3.50. The van der Waals surface area contributed by atoms with Gasteiger partial charge in [0.15, 0.2) is 0 Å². The largest absolute Gasteiger partial charge is 0.341 e. The minimum Gasteiger partial charge on any atom is -0.341 e. The van der Waals surface area contributed by atoms with Gasteiger partial charge in [-0.1, -0.05) is 20.8 Å². The maximum Gasteiger partial charge on any atom is 0.239 e. The van der Waals surface area contributed by atoms with Gasteiger partial charge in [0.05, 0.1) is 6.04 Å². The molecule has 4 nitrogen and oxygen atoms in total. The third kappa shape index (κ3) is 4.68. The van der Waals surface area contributed by atoms with E-state index >= 15 is 0 Å². The summed E-state index contributed by atoms with van der Waals surface area (Å²) in [6, 6.07) is 0.0552. The van der Waals surface area contributed by atoms with Gasteiger partial charge < -0.3 is 9.80 Å². The van der Waals surface area contributed by atoms with Crippen molar-refractivity contribution in [2.45, 2.75) is 46.6 Å². The number of piperazine rings is 1. The highest BCUT2D eigenvalue weighted by Gasteiger charge is 2.30. The van der Waals surface area contributed by atoms with Gasteiger partial charge in [0.1, 0.15) is 0 Å². The van der Waals surface area contributed by atoms with E-state index < -0.39 is 0 Å². The normalized spacial score (nSPS) is 24.5. The minimum absolute atomic E-state index is 0.0552. The number of amides is 1. The highest BCUT2D eigenvalue weighted by atomic mass is 16.2. The Hall–Kier alpha value is -0.610. The van der Waals surface area contributed by atoms with Crippen molar-refractivity contribution in [1.29, 1.82) is 0 Å². The van der Waals surface area contributed by atoms with Crippen LogP contribution in [0, 0.1) is 11.8 Å². The molecular weight excluding hydrogens is 262 g/mol. The molecule has 0 saturated carbocycles. The van der Waals surface area contributed by atoms with Gasteiger partial charge in [-0.3, -0.25) is 9.69 Å². The van der Waals surface area contributed by atoms with Crippen LogP contribution in [0.4, 0.5) is 0 Å². The summed E-state index contributed by atoms with van der Waals surface area (Å²) in [5, 5.41) is 0. The van der Waals surface area contributed by atoms with Crippen LogP contribution in [0.15, 0.2) is 0 Å². The zero-order valence-electron chi connectivity index (χ0n) is 14.3. The van der Waals surface area contributed by atoms with Crippen LogP contribution in [-0.4, -0.2) is 72.5 Å². The molecule has 1 unspecified atom stereocenters. The molecule has 4 heteroatoms. The van der Waals surface area contributed by atoms with Crippen molar-refractivity contribution in [1.82, 2.24) is 14.7 Å². The SMILES string of the molecule is CC(C)CN1CCN(C(C)C(=O)N2CCC(C)CC2)CC1. The van der Waals surface area contributed by atoms with E-state index in [-0.39, 0.29) is 6.04 Å². The Kier molecular flexibility index (Phi) is 6.06. The zero-order chi connectivity index (χ0) is 15.4. The van der Waals surface area contributed by atoms with Gasteiger partial charge in [-0.2, -0.15) is 0 Å². The van der Waals surface area contributed by atoms with Crippen molar-refractivity contribution >= 4 is 5.91 Å². The molecule has 0 aromatic heterocycles. The zero-order valence-corrected chi connectivity index (χ0v) is 14.3. The first-order valence-electron chi connectivity index (χ1n) is 8.72. The molecule has 0 N–H and O–H groups in total. The van der Waals surface area contributed by atoms with E-state index in [1.807, 2.05) is 0 Å². The highest BCUT2D eigenvalue weighted by Crippen LogP contribution is 2.18. The number of carbonyl (C=O) groups is 1. The molecule has 2 aliphatic heterocycles. The van der Waals surface area contributed by atoms with Crippen LogP contribution < -0.4 is 0 Å². The van der Waals surface area contributed by atoms with Crippen LogP contribution in [0.25, 0.3) is 0 Å². The number of carbonyl (C=O) groups excluding carboxylic acids is 1. The number of rotatable bonds is 4. The van der Waals surface area contributed by atoms with E-state index in [4.69, 9.17) is 0 Å². The van der Waals surface area contributed by atoms with Crippen molar-refractivity contribution in [3.8, 4) is 0 Å². The molecule has 1 amide bonds. The van der Waals surface area contributed by atoms with Crippen molar-refractivity contribution in [2.75, 3.05) is 45.8 Å². The topological polar surface area (TPSA) is 26.8 Å². The molecule has 1 atom stereocenters. The Bertz CT molecular complexity index is 329. The van der Waals surface area contributed by atoms with Crippen LogP contribution in [0.5, 0.6) is 0 Å². The smallest absolute Gasteiger partial charge is 0.239 e. The standard InChI is InChI=1S/C17H33N3O/c1-14(2)13-18-9-11-19(12-10-18)16(4)17(21)20-7-5-15(3)6-8-20/h14-16H,5-13H2,1-4H3. The molecule has 2 rings (SSSR count). The van der Waals surface area contributed by atoms with Crippen molar-refractivity contribution in [3.05, 3.63) is 0 Å². The van der Waals surface area contributed by atoms with Gasteiger partial charge in [-0.25, -0.2) is 0 Å². The Labute approximate surface area is 130 Å².